The van der Waals surface area contributed by atoms with Gasteiger partial charge in [-0.25, -0.2) is 4.98 Å². The Morgan fingerprint density at radius 2 is 1.03 bits per heavy atom. The van der Waals surface area contributed by atoms with Crippen molar-refractivity contribution in [1.82, 2.24) is 9.55 Å². The molecular weight excluding hydrogens is 1130 g/mol. The van der Waals surface area contributed by atoms with E-state index in [1.54, 1.807) is 0 Å². The second-order valence-corrected chi connectivity index (χ2v) is 25.2. The molecule has 0 radical (unpaired) electrons. The number of anilines is 4. The summed E-state index contributed by atoms with van der Waals surface area (Å²) in [5, 5.41) is 2.19. The van der Waals surface area contributed by atoms with Gasteiger partial charge in [-0.1, -0.05) is 211 Å². The van der Waals surface area contributed by atoms with Crippen LogP contribution in [-0.4, -0.2) is 9.55 Å². The number of benzene rings is 8. The molecule has 0 aliphatic carbocycles. The van der Waals surface area contributed by atoms with Gasteiger partial charge in [0.15, 0.2) is 0 Å². The first kappa shape index (κ1) is 54.2. The summed E-state index contributed by atoms with van der Waals surface area (Å²) in [5.74, 6) is 2.02. The van der Waals surface area contributed by atoms with Gasteiger partial charge in [-0.2, -0.15) is 6.07 Å². The van der Waals surface area contributed by atoms with E-state index >= 15 is 0 Å². The quantitative estimate of drug-likeness (QED) is 0.128. The molecule has 0 fully saturated rings. The minimum Gasteiger partial charge on any atom is -0.509 e. The number of nitrogens with zero attached hydrogens (tertiary/aromatic N) is 4. The molecule has 398 valence electrons. The predicted molar refractivity (Wildman–Crippen MR) is 323 cm³/mol. The van der Waals surface area contributed by atoms with Gasteiger partial charge >= 0.3 is 0 Å². The SMILES string of the molecule is CC(C)(C)c1cc(N2[CH-]N(c3[c-]c(Oc4[c-]c5c(cc4)c4cc(-c6ccccc6)ccc4n5-c4cc(C(C)(C)C)ccn4)cc(C(C)(C)c4ccccc4)c3)c3ccc(C(C)(C)c4ccccc4)cc32)cc(C(C)(C)C)c1.[Pt]. The Kier molecular flexibility index (Phi) is 14.0. The molecule has 6 heteroatoms. The van der Waals surface area contributed by atoms with E-state index in [1.165, 1.54) is 38.9 Å². The van der Waals surface area contributed by atoms with E-state index in [9.17, 15) is 0 Å². The van der Waals surface area contributed by atoms with Crippen molar-refractivity contribution in [2.45, 2.75) is 117 Å². The molecule has 78 heavy (non-hydrogen) atoms. The van der Waals surface area contributed by atoms with E-state index in [0.717, 1.165) is 61.5 Å². The smallest absolute Gasteiger partial charge is 0.135 e. The molecule has 0 atom stereocenters. The molecule has 0 saturated carbocycles. The summed E-state index contributed by atoms with van der Waals surface area (Å²) < 4.78 is 9.38. The van der Waals surface area contributed by atoms with Crippen molar-refractivity contribution < 1.29 is 25.8 Å². The molecule has 8 aromatic carbocycles. The molecule has 0 unspecified atom stereocenters. The van der Waals surface area contributed by atoms with Crippen molar-refractivity contribution in [3.8, 4) is 28.4 Å². The Balaban J connectivity index is 0.00000688. The number of hydrogen-bond acceptors (Lipinski definition) is 4. The maximum Gasteiger partial charge on any atom is 0.135 e. The van der Waals surface area contributed by atoms with Crippen LogP contribution in [0.1, 0.15) is 129 Å². The first-order valence-electron chi connectivity index (χ1n) is 27.2. The monoisotopic (exact) mass is 1200 g/mol. The molecule has 3 heterocycles. The molecule has 0 saturated heterocycles. The number of ether oxygens (including phenoxy) is 1. The van der Waals surface area contributed by atoms with E-state index in [1.807, 2.05) is 12.3 Å². The Morgan fingerprint density at radius 1 is 0.423 bits per heavy atom. The van der Waals surface area contributed by atoms with Crippen LogP contribution in [0.3, 0.4) is 0 Å². The number of pyridine rings is 1. The number of fused-ring (bicyclic) bond motifs is 4. The van der Waals surface area contributed by atoms with Crippen LogP contribution >= 0.6 is 0 Å². The fourth-order valence-corrected chi connectivity index (χ4v) is 10.8. The third-order valence-electron chi connectivity index (χ3n) is 16.0. The zero-order valence-corrected chi connectivity index (χ0v) is 49.8. The summed E-state index contributed by atoms with van der Waals surface area (Å²) in [6, 6.07) is 73.7. The Labute approximate surface area is 478 Å². The number of aromatic nitrogens is 2. The predicted octanol–water partition coefficient (Wildman–Crippen LogP) is 19.2. The van der Waals surface area contributed by atoms with Crippen LogP contribution in [0.4, 0.5) is 22.7 Å². The van der Waals surface area contributed by atoms with E-state index < -0.39 is 5.41 Å². The van der Waals surface area contributed by atoms with Gasteiger partial charge in [-0.3, -0.25) is 0 Å². The van der Waals surface area contributed by atoms with Crippen molar-refractivity contribution >= 4 is 44.6 Å². The topological polar surface area (TPSA) is 33.5 Å². The zero-order valence-electron chi connectivity index (χ0n) is 47.5. The first-order chi connectivity index (χ1) is 36.5. The number of rotatable bonds is 10. The maximum atomic E-state index is 7.14. The molecular formula is C72H71N4OPt-3. The average molecular weight is 1200 g/mol. The Hall–Kier alpha value is -7.20. The van der Waals surface area contributed by atoms with Crippen molar-refractivity contribution in [2.75, 3.05) is 9.80 Å². The Morgan fingerprint density at radius 3 is 1.64 bits per heavy atom. The molecule has 2 aromatic heterocycles. The second kappa shape index (κ2) is 20.2. The van der Waals surface area contributed by atoms with Crippen molar-refractivity contribution in [3.63, 3.8) is 0 Å². The van der Waals surface area contributed by atoms with Crippen LogP contribution < -0.4 is 14.5 Å². The molecule has 5 nitrogen and oxygen atoms in total. The minimum atomic E-state index is -0.405. The zero-order chi connectivity index (χ0) is 54.2. The Bertz CT molecular complexity index is 3780. The van der Waals surface area contributed by atoms with E-state index in [0.29, 0.717) is 11.5 Å². The van der Waals surface area contributed by atoms with Crippen LogP contribution in [-0.2, 0) is 48.1 Å². The molecule has 1 aliphatic rings. The molecule has 11 rings (SSSR count). The van der Waals surface area contributed by atoms with E-state index in [-0.39, 0.29) is 42.7 Å². The van der Waals surface area contributed by atoms with Gasteiger partial charge in [0.25, 0.3) is 0 Å². The molecule has 1 aliphatic heterocycles. The van der Waals surface area contributed by atoms with Crippen LogP contribution in [0.5, 0.6) is 11.5 Å². The van der Waals surface area contributed by atoms with Crippen LogP contribution in [0, 0.1) is 18.8 Å². The van der Waals surface area contributed by atoms with Gasteiger partial charge in [-0.05, 0) is 114 Å². The summed E-state index contributed by atoms with van der Waals surface area (Å²) in [6.45, 7) is 32.1. The van der Waals surface area contributed by atoms with Gasteiger partial charge in [0.05, 0.1) is 0 Å². The van der Waals surface area contributed by atoms with Gasteiger partial charge < -0.3 is 19.1 Å². The average Bonchev–Trinajstić information content (AvgIpc) is 4.21. The summed E-state index contributed by atoms with van der Waals surface area (Å²) in [5.41, 5.74) is 16.1. The summed E-state index contributed by atoms with van der Waals surface area (Å²) in [4.78, 5) is 9.70. The third kappa shape index (κ3) is 10.2. The first-order valence-corrected chi connectivity index (χ1v) is 27.2. The molecule has 0 amide bonds. The third-order valence-corrected chi connectivity index (χ3v) is 16.0. The van der Waals surface area contributed by atoms with Gasteiger partial charge in [0.2, 0.25) is 0 Å². The maximum absolute atomic E-state index is 7.14. The van der Waals surface area contributed by atoms with Crippen LogP contribution in [0.2, 0.25) is 0 Å². The van der Waals surface area contributed by atoms with Gasteiger partial charge in [-0.15, -0.1) is 53.6 Å². The van der Waals surface area contributed by atoms with Crippen LogP contribution in [0.15, 0.2) is 188 Å². The minimum absolute atomic E-state index is 0. The second-order valence-electron chi connectivity index (χ2n) is 25.2. The standard InChI is InChI=1S/C72H71N4O.Pt/c1-68(2,3)52-35-36-73-67(44-52)76-63-33-29-49(48-23-17-14-18-24-48)37-62(63)61-32-31-59(46-65(61)76)77-60-42-56(72(12,13)51-27-21-16-22-28-51)41-58(45-60)74-47-75(57-39-54(69(4,5)6)38-55(40-57)70(7,8)9)66-43-53(30-34-64(66)74)71(10,11)50-25-19-15-20-26-50;/h14-44,47H,1-13H3;/q-3;. The van der Waals surface area contributed by atoms with E-state index in [4.69, 9.17) is 9.72 Å². The number of hydrogen-bond donors (Lipinski definition) is 0. The normalized spacial score (nSPS) is 13.2. The van der Waals surface area contributed by atoms with Gasteiger partial charge in [0, 0.05) is 66.8 Å². The van der Waals surface area contributed by atoms with E-state index in [2.05, 4.69) is 299 Å². The van der Waals surface area contributed by atoms with Crippen molar-refractivity contribution in [1.29, 1.82) is 0 Å². The van der Waals surface area contributed by atoms with Crippen LogP contribution in [0.25, 0.3) is 38.8 Å². The van der Waals surface area contributed by atoms with Crippen molar-refractivity contribution in [2.24, 2.45) is 0 Å². The molecule has 0 N–H and O–H groups in total. The summed E-state index contributed by atoms with van der Waals surface area (Å²) >= 11 is 0. The fourth-order valence-electron chi connectivity index (χ4n) is 10.8. The molecule has 0 bridgehead atoms. The fraction of sp³-hybridized carbons (Fsp3) is 0.250. The summed E-state index contributed by atoms with van der Waals surface area (Å²) in [7, 11) is 0. The molecule has 10 aromatic rings. The molecule has 0 spiro atoms. The van der Waals surface area contributed by atoms with Crippen molar-refractivity contribution in [3.05, 3.63) is 246 Å². The van der Waals surface area contributed by atoms with Gasteiger partial charge in [0.1, 0.15) is 5.82 Å². The largest absolute Gasteiger partial charge is 0.509 e. The summed E-state index contributed by atoms with van der Waals surface area (Å²) in [6.07, 6.45) is 1.92.